The van der Waals surface area contributed by atoms with Crippen molar-refractivity contribution in [3.63, 3.8) is 0 Å². The van der Waals surface area contributed by atoms with Crippen LogP contribution in [0.2, 0.25) is 0 Å². The molecule has 2 aromatic rings. The molecule has 3 rings (SSSR count). The van der Waals surface area contributed by atoms with Crippen LogP contribution < -0.4 is 5.32 Å². The number of rotatable bonds is 2. The van der Waals surface area contributed by atoms with Crippen molar-refractivity contribution in [3.8, 4) is 0 Å². The third-order valence-corrected chi connectivity index (χ3v) is 3.83. The minimum absolute atomic E-state index is 0.256. The van der Waals surface area contributed by atoms with Gasteiger partial charge >= 0.3 is 0 Å². The van der Waals surface area contributed by atoms with Crippen molar-refractivity contribution in [2.24, 2.45) is 0 Å². The SMILES string of the molecule is Cc1ncc(C(=O)NC2c3ccccc3CC2O)c(C)n1. The highest BCUT2D eigenvalue weighted by Gasteiger charge is 2.32. The van der Waals surface area contributed by atoms with Crippen LogP contribution in [0.15, 0.2) is 30.5 Å². The van der Waals surface area contributed by atoms with Gasteiger partial charge in [-0.1, -0.05) is 24.3 Å². The fraction of sp³-hybridized carbons (Fsp3) is 0.312. The number of hydrogen-bond acceptors (Lipinski definition) is 4. The number of benzene rings is 1. The number of fused-ring (bicyclic) bond motifs is 1. The lowest BCUT2D eigenvalue weighted by Crippen LogP contribution is -2.34. The third-order valence-electron chi connectivity index (χ3n) is 3.83. The Labute approximate surface area is 123 Å². The number of aromatic nitrogens is 2. The number of nitrogens with one attached hydrogen (secondary N) is 1. The maximum atomic E-state index is 12.4. The van der Waals surface area contributed by atoms with E-state index in [0.29, 0.717) is 23.5 Å². The molecule has 0 saturated carbocycles. The average Bonchev–Trinajstić information content (AvgIpc) is 2.75. The lowest BCUT2D eigenvalue weighted by atomic mass is 10.1. The first-order chi connectivity index (χ1) is 10.1. The Morgan fingerprint density at radius 3 is 2.86 bits per heavy atom. The molecular weight excluding hydrogens is 266 g/mol. The zero-order chi connectivity index (χ0) is 15.0. The molecule has 2 N–H and O–H groups in total. The van der Waals surface area contributed by atoms with Gasteiger partial charge in [-0.05, 0) is 25.0 Å². The summed E-state index contributed by atoms with van der Waals surface area (Å²) in [5, 5.41) is 13.1. The molecule has 1 aliphatic rings. The minimum Gasteiger partial charge on any atom is -0.390 e. The highest BCUT2D eigenvalue weighted by molar-refractivity contribution is 5.95. The summed E-state index contributed by atoms with van der Waals surface area (Å²) < 4.78 is 0. The van der Waals surface area contributed by atoms with Gasteiger partial charge in [-0.3, -0.25) is 4.79 Å². The van der Waals surface area contributed by atoms with E-state index < -0.39 is 6.10 Å². The summed E-state index contributed by atoms with van der Waals surface area (Å²) >= 11 is 0. The van der Waals surface area contributed by atoms with E-state index in [9.17, 15) is 9.90 Å². The summed E-state index contributed by atoms with van der Waals surface area (Å²) in [7, 11) is 0. The van der Waals surface area contributed by atoms with Crippen LogP contribution in [0, 0.1) is 13.8 Å². The van der Waals surface area contributed by atoms with Crippen molar-refractivity contribution in [1.29, 1.82) is 0 Å². The Morgan fingerprint density at radius 2 is 2.10 bits per heavy atom. The molecule has 1 aromatic carbocycles. The van der Waals surface area contributed by atoms with Crippen molar-refractivity contribution in [2.75, 3.05) is 0 Å². The van der Waals surface area contributed by atoms with Gasteiger partial charge in [-0.2, -0.15) is 0 Å². The average molecular weight is 283 g/mol. The molecule has 5 heteroatoms. The van der Waals surface area contributed by atoms with E-state index in [4.69, 9.17) is 0 Å². The zero-order valence-electron chi connectivity index (χ0n) is 12.0. The molecule has 0 aliphatic heterocycles. The highest BCUT2D eigenvalue weighted by atomic mass is 16.3. The Kier molecular flexibility index (Phi) is 3.43. The summed E-state index contributed by atoms with van der Waals surface area (Å²) in [5.41, 5.74) is 3.13. The van der Waals surface area contributed by atoms with Gasteiger partial charge in [-0.15, -0.1) is 0 Å². The number of amides is 1. The van der Waals surface area contributed by atoms with E-state index in [1.54, 1.807) is 13.8 Å². The number of carbonyl (C=O) groups excluding carboxylic acids is 1. The number of nitrogens with zero attached hydrogens (tertiary/aromatic N) is 2. The van der Waals surface area contributed by atoms with Gasteiger partial charge in [0.2, 0.25) is 0 Å². The molecule has 0 radical (unpaired) electrons. The number of hydrogen-bond donors (Lipinski definition) is 2. The lowest BCUT2D eigenvalue weighted by molar-refractivity contribution is 0.0856. The molecule has 0 bridgehead atoms. The van der Waals surface area contributed by atoms with E-state index in [2.05, 4.69) is 15.3 Å². The molecule has 0 saturated heterocycles. The van der Waals surface area contributed by atoms with Crippen LogP contribution in [0.1, 0.15) is 39.0 Å². The van der Waals surface area contributed by atoms with Gasteiger partial charge in [0, 0.05) is 12.6 Å². The van der Waals surface area contributed by atoms with Gasteiger partial charge in [0.05, 0.1) is 23.4 Å². The Balaban J connectivity index is 1.85. The summed E-state index contributed by atoms with van der Waals surface area (Å²) in [5.74, 6) is 0.378. The molecule has 1 aromatic heterocycles. The predicted molar refractivity (Wildman–Crippen MR) is 77.9 cm³/mol. The Hall–Kier alpha value is -2.27. The van der Waals surface area contributed by atoms with Crippen molar-refractivity contribution in [2.45, 2.75) is 32.4 Å². The van der Waals surface area contributed by atoms with Gasteiger partial charge in [0.1, 0.15) is 5.82 Å². The van der Waals surface area contributed by atoms with Crippen molar-refractivity contribution in [3.05, 3.63) is 58.7 Å². The van der Waals surface area contributed by atoms with Crippen LogP contribution in [0.5, 0.6) is 0 Å². The maximum absolute atomic E-state index is 12.4. The summed E-state index contributed by atoms with van der Waals surface area (Å²) in [6.45, 7) is 3.56. The molecule has 108 valence electrons. The van der Waals surface area contributed by atoms with E-state index in [0.717, 1.165) is 11.1 Å². The normalized spacial score (nSPS) is 20.1. The zero-order valence-corrected chi connectivity index (χ0v) is 12.0. The quantitative estimate of drug-likeness (QED) is 0.875. The maximum Gasteiger partial charge on any atom is 0.255 e. The summed E-state index contributed by atoms with van der Waals surface area (Å²) in [4.78, 5) is 20.6. The highest BCUT2D eigenvalue weighted by Crippen LogP contribution is 2.31. The molecule has 0 spiro atoms. The lowest BCUT2D eigenvalue weighted by Gasteiger charge is -2.18. The number of aliphatic hydroxyl groups is 1. The Bertz CT molecular complexity index is 700. The van der Waals surface area contributed by atoms with Crippen LogP contribution in [-0.2, 0) is 6.42 Å². The minimum atomic E-state index is -0.599. The number of carbonyl (C=O) groups is 1. The monoisotopic (exact) mass is 283 g/mol. The second-order valence-electron chi connectivity index (χ2n) is 5.34. The molecule has 2 atom stereocenters. The van der Waals surface area contributed by atoms with Crippen molar-refractivity contribution >= 4 is 5.91 Å². The Morgan fingerprint density at radius 1 is 1.33 bits per heavy atom. The third kappa shape index (κ3) is 2.52. The molecule has 1 heterocycles. The largest absolute Gasteiger partial charge is 0.390 e. The molecule has 2 unspecified atom stereocenters. The van der Waals surface area contributed by atoms with Crippen LogP contribution in [0.3, 0.4) is 0 Å². The fourth-order valence-corrected chi connectivity index (χ4v) is 2.77. The fourth-order valence-electron chi connectivity index (χ4n) is 2.77. The predicted octanol–water partition coefficient (Wildman–Crippen LogP) is 1.48. The molecule has 1 amide bonds. The van der Waals surface area contributed by atoms with E-state index >= 15 is 0 Å². The molecule has 21 heavy (non-hydrogen) atoms. The van der Waals surface area contributed by atoms with Crippen LogP contribution in [-0.4, -0.2) is 27.1 Å². The second kappa shape index (κ2) is 5.26. The van der Waals surface area contributed by atoms with Crippen LogP contribution in [0.4, 0.5) is 0 Å². The van der Waals surface area contributed by atoms with Crippen LogP contribution >= 0.6 is 0 Å². The molecule has 5 nitrogen and oxygen atoms in total. The van der Waals surface area contributed by atoms with Crippen molar-refractivity contribution in [1.82, 2.24) is 15.3 Å². The number of aryl methyl sites for hydroxylation is 2. The summed E-state index contributed by atoms with van der Waals surface area (Å²) in [6.07, 6.45) is 1.49. The van der Waals surface area contributed by atoms with Crippen LogP contribution in [0.25, 0.3) is 0 Å². The standard InChI is InChI=1S/C16H17N3O2/c1-9-13(8-17-10(2)18-9)16(21)19-15-12-6-4-3-5-11(12)7-14(15)20/h3-6,8,14-15,20H,7H2,1-2H3,(H,19,21). The smallest absolute Gasteiger partial charge is 0.255 e. The molecule has 0 fully saturated rings. The van der Waals surface area contributed by atoms with Crippen molar-refractivity contribution < 1.29 is 9.90 Å². The van der Waals surface area contributed by atoms with Gasteiger partial charge in [0.25, 0.3) is 5.91 Å². The van der Waals surface area contributed by atoms with E-state index in [1.165, 1.54) is 6.20 Å². The first-order valence-electron chi connectivity index (χ1n) is 6.93. The summed E-state index contributed by atoms with van der Waals surface area (Å²) in [6, 6.07) is 7.39. The molecular formula is C16H17N3O2. The number of aliphatic hydroxyl groups excluding tert-OH is 1. The van der Waals surface area contributed by atoms with Gasteiger partial charge in [0.15, 0.2) is 0 Å². The molecule has 1 aliphatic carbocycles. The van der Waals surface area contributed by atoms with Gasteiger partial charge < -0.3 is 10.4 Å². The van der Waals surface area contributed by atoms with E-state index in [1.807, 2.05) is 24.3 Å². The first-order valence-corrected chi connectivity index (χ1v) is 6.93. The topological polar surface area (TPSA) is 75.1 Å². The second-order valence-corrected chi connectivity index (χ2v) is 5.34. The van der Waals surface area contributed by atoms with Gasteiger partial charge in [-0.25, -0.2) is 9.97 Å². The first kappa shape index (κ1) is 13.7. The van der Waals surface area contributed by atoms with E-state index in [-0.39, 0.29) is 11.9 Å².